The first kappa shape index (κ1) is 19.8. The van der Waals surface area contributed by atoms with Crippen molar-refractivity contribution in [3.8, 4) is 0 Å². The quantitative estimate of drug-likeness (QED) is 0.594. The Bertz CT molecular complexity index is 943. The van der Waals surface area contributed by atoms with E-state index in [0.29, 0.717) is 5.56 Å². The topological polar surface area (TPSA) is 110 Å². The van der Waals surface area contributed by atoms with E-state index in [2.05, 4.69) is 5.32 Å². The second-order valence-corrected chi connectivity index (χ2v) is 8.12. The fraction of sp³-hybridized carbons (Fsp3) is 0.188. The molecule has 2 aromatic rings. The van der Waals surface area contributed by atoms with E-state index in [9.17, 15) is 23.3 Å². The van der Waals surface area contributed by atoms with Crippen LogP contribution in [0, 0.1) is 10.1 Å². The molecule has 0 aliphatic heterocycles. The average Bonchev–Trinajstić information content (AvgIpc) is 2.59. The molecule has 0 aliphatic carbocycles. The third-order valence-corrected chi connectivity index (χ3v) is 5.62. The van der Waals surface area contributed by atoms with Gasteiger partial charge in [-0.3, -0.25) is 14.9 Å². The van der Waals surface area contributed by atoms with Crippen LogP contribution in [0.1, 0.15) is 15.9 Å². The van der Waals surface area contributed by atoms with Crippen molar-refractivity contribution in [3.05, 3.63) is 68.7 Å². The minimum Gasteiger partial charge on any atom is -0.348 e. The van der Waals surface area contributed by atoms with Crippen molar-refractivity contribution in [2.75, 3.05) is 14.1 Å². The normalized spacial score (nSPS) is 11.4. The van der Waals surface area contributed by atoms with Gasteiger partial charge in [-0.15, -0.1) is 0 Å². The Kier molecular flexibility index (Phi) is 5.96. The number of nitro groups is 1. The molecule has 0 aliphatic rings. The molecule has 0 aromatic heterocycles. The summed E-state index contributed by atoms with van der Waals surface area (Å²) in [5.41, 5.74) is 0.154. The maximum atomic E-state index is 12.2. The van der Waals surface area contributed by atoms with Crippen LogP contribution in [0.15, 0.2) is 47.4 Å². The van der Waals surface area contributed by atoms with Crippen LogP contribution >= 0.6 is 11.6 Å². The summed E-state index contributed by atoms with van der Waals surface area (Å²) >= 11 is 5.72. The lowest BCUT2D eigenvalue weighted by atomic mass is 10.1. The van der Waals surface area contributed by atoms with Gasteiger partial charge in [0.1, 0.15) is 5.56 Å². The first-order chi connectivity index (χ1) is 12.1. The van der Waals surface area contributed by atoms with Gasteiger partial charge in [0, 0.05) is 31.7 Å². The highest BCUT2D eigenvalue weighted by Gasteiger charge is 2.20. The Morgan fingerprint density at radius 3 is 2.35 bits per heavy atom. The number of halogens is 1. The highest BCUT2D eigenvalue weighted by Crippen LogP contribution is 2.23. The molecular weight excluding hydrogens is 382 g/mol. The first-order valence-electron chi connectivity index (χ1n) is 7.36. The fourth-order valence-electron chi connectivity index (χ4n) is 2.12. The van der Waals surface area contributed by atoms with Crippen LogP contribution in [0.25, 0.3) is 0 Å². The van der Waals surface area contributed by atoms with E-state index in [-0.39, 0.29) is 27.7 Å². The molecule has 0 unspecified atom stereocenters. The van der Waals surface area contributed by atoms with Crippen molar-refractivity contribution in [1.82, 2.24) is 9.62 Å². The van der Waals surface area contributed by atoms with Gasteiger partial charge in [-0.2, -0.15) is 0 Å². The molecule has 0 atom stereocenters. The summed E-state index contributed by atoms with van der Waals surface area (Å²) in [6.45, 7) is 0.0842. The van der Waals surface area contributed by atoms with Crippen LogP contribution in [0.5, 0.6) is 0 Å². The molecule has 0 bridgehead atoms. The van der Waals surface area contributed by atoms with Crippen molar-refractivity contribution >= 4 is 33.2 Å². The Hall–Kier alpha value is -2.49. The van der Waals surface area contributed by atoms with Gasteiger partial charge in [-0.25, -0.2) is 12.7 Å². The number of carbonyl (C=O) groups is 1. The molecule has 0 heterocycles. The maximum absolute atomic E-state index is 12.2. The SMILES string of the molecule is CN(C)S(=O)(=O)c1ccc(CNC(=O)c2ccc(Cl)cc2[N+](=O)[O-])cc1. The van der Waals surface area contributed by atoms with E-state index in [4.69, 9.17) is 11.6 Å². The molecule has 0 spiro atoms. The van der Waals surface area contributed by atoms with Crippen molar-refractivity contribution in [2.24, 2.45) is 0 Å². The molecule has 2 rings (SSSR count). The van der Waals surface area contributed by atoms with Gasteiger partial charge in [0.25, 0.3) is 11.6 Å². The van der Waals surface area contributed by atoms with Crippen LogP contribution in [0.4, 0.5) is 5.69 Å². The summed E-state index contributed by atoms with van der Waals surface area (Å²) in [5, 5.41) is 13.8. The Morgan fingerprint density at radius 2 is 1.81 bits per heavy atom. The summed E-state index contributed by atoms with van der Waals surface area (Å²) in [6.07, 6.45) is 0. The van der Waals surface area contributed by atoms with Gasteiger partial charge in [-0.1, -0.05) is 23.7 Å². The number of rotatable bonds is 6. The van der Waals surface area contributed by atoms with Gasteiger partial charge in [0.15, 0.2) is 0 Å². The van der Waals surface area contributed by atoms with E-state index in [1.807, 2.05) is 0 Å². The number of nitrogens with zero attached hydrogens (tertiary/aromatic N) is 2. The molecule has 2 aromatic carbocycles. The predicted octanol–water partition coefficient (Wildman–Crippen LogP) is 2.43. The lowest BCUT2D eigenvalue weighted by molar-refractivity contribution is -0.385. The molecule has 10 heteroatoms. The number of nitrogens with one attached hydrogen (secondary N) is 1. The zero-order valence-corrected chi connectivity index (χ0v) is 15.5. The number of hydrogen-bond donors (Lipinski definition) is 1. The van der Waals surface area contributed by atoms with E-state index in [1.165, 1.54) is 38.4 Å². The monoisotopic (exact) mass is 397 g/mol. The minimum atomic E-state index is -3.53. The second-order valence-electron chi connectivity index (χ2n) is 5.53. The van der Waals surface area contributed by atoms with E-state index in [0.717, 1.165) is 10.4 Å². The molecule has 138 valence electrons. The van der Waals surface area contributed by atoms with E-state index < -0.39 is 20.9 Å². The summed E-state index contributed by atoms with van der Waals surface area (Å²) in [7, 11) is -0.663. The maximum Gasteiger partial charge on any atom is 0.283 e. The molecule has 8 nitrogen and oxygen atoms in total. The lowest BCUT2D eigenvalue weighted by Crippen LogP contribution is -2.24. The highest BCUT2D eigenvalue weighted by molar-refractivity contribution is 7.89. The summed E-state index contributed by atoms with van der Waals surface area (Å²) in [4.78, 5) is 22.7. The molecule has 0 fully saturated rings. The number of hydrogen-bond acceptors (Lipinski definition) is 5. The largest absolute Gasteiger partial charge is 0.348 e. The average molecular weight is 398 g/mol. The third-order valence-electron chi connectivity index (χ3n) is 3.56. The number of nitro benzene ring substituents is 1. The number of carbonyl (C=O) groups excluding carboxylic acids is 1. The number of sulfonamides is 1. The Balaban J connectivity index is 2.12. The molecule has 26 heavy (non-hydrogen) atoms. The molecule has 0 saturated carbocycles. The Morgan fingerprint density at radius 1 is 1.19 bits per heavy atom. The smallest absolute Gasteiger partial charge is 0.283 e. The summed E-state index contributed by atoms with van der Waals surface area (Å²) < 4.78 is 25.1. The number of benzene rings is 2. The van der Waals surface area contributed by atoms with Crippen molar-refractivity contribution < 1.29 is 18.1 Å². The highest BCUT2D eigenvalue weighted by atomic mass is 35.5. The Labute approximate surface area is 155 Å². The van der Waals surface area contributed by atoms with Gasteiger partial charge < -0.3 is 5.32 Å². The summed E-state index contributed by atoms with van der Waals surface area (Å²) in [6, 6.07) is 9.77. The fourth-order valence-corrected chi connectivity index (χ4v) is 3.18. The van der Waals surface area contributed by atoms with Crippen molar-refractivity contribution in [2.45, 2.75) is 11.4 Å². The van der Waals surface area contributed by atoms with E-state index >= 15 is 0 Å². The second kappa shape index (κ2) is 7.81. The lowest BCUT2D eigenvalue weighted by Gasteiger charge is -2.12. The van der Waals surface area contributed by atoms with Crippen molar-refractivity contribution in [3.63, 3.8) is 0 Å². The van der Waals surface area contributed by atoms with Gasteiger partial charge in [-0.05, 0) is 29.8 Å². The molecule has 0 saturated heterocycles. The van der Waals surface area contributed by atoms with Crippen LogP contribution in [-0.2, 0) is 16.6 Å². The van der Waals surface area contributed by atoms with Gasteiger partial charge in [0.2, 0.25) is 10.0 Å². The van der Waals surface area contributed by atoms with Crippen LogP contribution in [0.2, 0.25) is 5.02 Å². The zero-order valence-electron chi connectivity index (χ0n) is 14.0. The van der Waals surface area contributed by atoms with E-state index in [1.54, 1.807) is 12.1 Å². The minimum absolute atomic E-state index is 0.0842. The van der Waals surface area contributed by atoms with Crippen LogP contribution in [0.3, 0.4) is 0 Å². The standard InChI is InChI=1S/C16H16ClN3O5S/c1-19(2)26(24,25)13-6-3-11(4-7-13)10-18-16(21)14-8-5-12(17)9-15(14)20(22)23/h3-9H,10H2,1-2H3,(H,18,21). The van der Waals surface area contributed by atoms with Crippen LogP contribution in [-0.4, -0.2) is 37.6 Å². The number of amides is 1. The molecule has 1 N–H and O–H groups in total. The third kappa shape index (κ3) is 4.37. The zero-order chi connectivity index (χ0) is 19.5. The van der Waals surface area contributed by atoms with Gasteiger partial charge in [0.05, 0.1) is 9.82 Å². The van der Waals surface area contributed by atoms with Crippen molar-refractivity contribution in [1.29, 1.82) is 0 Å². The van der Waals surface area contributed by atoms with Gasteiger partial charge >= 0.3 is 0 Å². The first-order valence-corrected chi connectivity index (χ1v) is 9.18. The molecule has 0 radical (unpaired) electrons. The molecule has 1 amide bonds. The predicted molar refractivity (Wildman–Crippen MR) is 96.6 cm³/mol. The van der Waals surface area contributed by atoms with Crippen LogP contribution < -0.4 is 5.32 Å². The molecular formula is C16H16ClN3O5S. The summed E-state index contributed by atoms with van der Waals surface area (Å²) in [5.74, 6) is -0.627.